The molecule has 1 aliphatic carbocycles. The van der Waals surface area contributed by atoms with E-state index in [0.29, 0.717) is 32.1 Å². The summed E-state index contributed by atoms with van der Waals surface area (Å²) in [6, 6.07) is 12.7. The van der Waals surface area contributed by atoms with Crippen LogP contribution in [0.3, 0.4) is 0 Å². The summed E-state index contributed by atoms with van der Waals surface area (Å²) in [5.74, 6) is -0.326. The molecule has 1 atom stereocenters. The van der Waals surface area contributed by atoms with Gasteiger partial charge in [-0.25, -0.2) is 4.39 Å². The number of carbonyl (C=O) groups is 1. The Morgan fingerprint density at radius 2 is 1.88 bits per heavy atom. The van der Waals surface area contributed by atoms with Gasteiger partial charge in [-0.3, -0.25) is 9.78 Å². The molecular weight excluding hydrogens is 413 g/mol. The molecule has 1 fully saturated rings. The molecule has 3 rings (SSSR count). The molecule has 1 aromatic heterocycles. The van der Waals surface area contributed by atoms with Crippen molar-refractivity contribution in [2.75, 3.05) is 0 Å². The van der Waals surface area contributed by atoms with Gasteiger partial charge in [-0.15, -0.1) is 0 Å². The first kappa shape index (κ1) is 25.3. The number of aliphatic hydroxyl groups is 1. The lowest BCUT2D eigenvalue weighted by Crippen LogP contribution is -2.46. The molecule has 4 heteroatoms. The molecule has 0 spiro atoms. The summed E-state index contributed by atoms with van der Waals surface area (Å²) in [5.41, 5.74) is 2.98. The number of aromatic nitrogens is 1. The quantitative estimate of drug-likeness (QED) is 0.370. The van der Waals surface area contributed by atoms with Crippen molar-refractivity contribution >= 4 is 5.78 Å². The second kappa shape index (κ2) is 12.2. The second-order valence-corrected chi connectivity index (χ2v) is 9.37. The fraction of sp³-hybridized carbons (Fsp3) is 0.517. The molecule has 1 saturated carbocycles. The van der Waals surface area contributed by atoms with E-state index in [1.165, 1.54) is 11.1 Å². The van der Waals surface area contributed by atoms with Crippen LogP contribution in [0.15, 0.2) is 54.7 Å². The van der Waals surface area contributed by atoms with Crippen molar-refractivity contribution in [2.45, 2.75) is 95.7 Å². The van der Waals surface area contributed by atoms with Crippen LogP contribution in [0, 0.1) is 0 Å². The number of rotatable bonds is 11. The first-order valence-electron chi connectivity index (χ1n) is 12.6. The van der Waals surface area contributed by atoms with Crippen LogP contribution >= 0.6 is 0 Å². The Morgan fingerprint density at radius 1 is 1.15 bits per heavy atom. The molecule has 1 aliphatic rings. The maximum absolute atomic E-state index is 14.2. The van der Waals surface area contributed by atoms with Gasteiger partial charge in [0, 0.05) is 11.8 Å². The van der Waals surface area contributed by atoms with E-state index >= 15 is 0 Å². The van der Waals surface area contributed by atoms with Crippen LogP contribution in [0.25, 0.3) is 11.3 Å². The van der Waals surface area contributed by atoms with E-state index in [1.54, 1.807) is 0 Å². The highest BCUT2D eigenvalue weighted by molar-refractivity contribution is 5.91. The van der Waals surface area contributed by atoms with E-state index in [1.807, 2.05) is 13.1 Å². The predicted octanol–water partition coefficient (Wildman–Crippen LogP) is 7.13. The van der Waals surface area contributed by atoms with Crippen LogP contribution in [-0.4, -0.2) is 27.6 Å². The normalized spacial score (nSPS) is 21.9. The molecular formula is C29H38FNO2. The number of alkyl halides is 1. The fourth-order valence-electron chi connectivity index (χ4n) is 4.68. The molecule has 1 heterocycles. The number of benzene rings is 1. The van der Waals surface area contributed by atoms with Crippen LogP contribution in [0.2, 0.25) is 0 Å². The van der Waals surface area contributed by atoms with E-state index in [-0.39, 0.29) is 12.3 Å². The Kier molecular flexibility index (Phi) is 9.37. The zero-order valence-corrected chi connectivity index (χ0v) is 20.1. The Balaban J connectivity index is 1.55. The number of aryl methyl sites for hydroxylation is 1. The summed E-state index contributed by atoms with van der Waals surface area (Å²) >= 11 is 0. The van der Waals surface area contributed by atoms with E-state index in [4.69, 9.17) is 0 Å². The van der Waals surface area contributed by atoms with Crippen molar-refractivity contribution < 1.29 is 14.3 Å². The van der Waals surface area contributed by atoms with Gasteiger partial charge in [0.05, 0.1) is 5.69 Å². The molecule has 0 amide bonds. The van der Waals surface area contributed by atoms with Gasteiger partial charge >= 0.3 is 0 Å². The molecule has 33 heavy (non-hydrogen) atoms. The van der Waals surface area contributed by atoms with Crippen LogP contribution in [0.1, 0.15) is 88.7 Å². The maximum Gasteiger partial charge on any atom is 0.198 e. The number of hydrogen-bond donors (Lipinski definition) is 1. The Hall–Kier alpha value is -2.33. The highest BCUT2D eigenvalue weighted by Crippen LogP contribution is 2.40. The standard InChI is InChI=1S/C29H38FNO2/c1-3-5-7-8-9-22-11-16-27(31-21-22)25-14-12-23(13-15-25)24-17-19-29(33,20-18-24)28(32)26(30)10-6-4-2/h5,7,11-16,21,24,26,33H,3-4,6,8-10,17-20H2,1-2H3/b7-5+/t24?,26-,29?/m0/s1. The van der Waals surface area contributed by atoms with Crippen molar-refractivity contribution in [3.63, 3.8) is 0 Å². The average Bonchev–Trinajstić information content (AvgIpc) is 2.85. The predicted molar refractivity (Wildman–Crippen MR) is 133 cm³/mol. The minimum absolute atomic E-state index is 0.216. The molecule has 0 saturated heterocycles. The highest BCUT2D eigenvalue weighted by Gasteiger charge is 2.43. The number of allylic oxidation sites excluding steroid dienone is 2. The van der Waals surface area contributed by atoms with Crippen molar-refractivity contribution in [3.05, 3.63) is 65.9 Å². The summed E-state index contributed by atoms with van der Waals surface area (Å²) in [4.78, 5) is 17.1. The lowest BCUT2D eigenvalue weighted by atomic mass is 9.73. The third-order valence-electron chi connectivity index (χ3n) is 6.87. The molecule has 1 N–H and O–H groups in total. The van der Waals surface area contributed by atoms with Crippen molar-refractivity contribution in [2.24, 2.45) is 0 Å². The number of nitrogens with zero attached hydrogens (tertiary/aromatic N) is 1. The smallest absolute Gasteiger partial charge is 0.198 e. The fourth-order valence-corrected chi connectivity index (χ4v) is 4.68. The topological polar surface area (TPSA) is 50.2 Å². The summed E-state index contributed by atoms with van der Waals surface area (Å²) in [6.07, 6.45) is 11.7. The number of carbonyl (C=O) groups excluding carboxylic acids is 1. The Morgan fingerprint density at radius 3 is 2.48 bits per heavy atom. The summed E-state index contributed by atoms with van der Waals surface area (Å²) in [7, 11) is 0. The monoisotopic (exact) mass is 451 g/mol. The van der Waals surface area contributed by atoms with Crippen LogP contribution < -0.4 is 0 Å². The zero-order chi connectivity index (χ0) is 23.7. The minimum Gasteiger partial charge on any atom is -0.382 e. The summed E-state index contributed by atoms with van der Waals surface area (Å²) < 4.78 is 14.2. The van der Waals surface area contributed by atoms with Gasteiger partial charge < -0.3 is 5.11 Å². The van der Waals surface area contributed by atoms with Gasteiger partial charge in [-0.2, -0.15) is 0 Å². The number of Topliss-reactive ketones (excluding diaryl/α,β-unsaturated/α-hetero) is 1. The molecule has 0 radical (unpaired) electrons. The molecule has 178 valence electrons. The van der Waals surface area contributed by atoms with Gasteiger partial charge in [-0.05, 0) is 74.5 Å². The number of hydrogen-bond acceptors (Lipinski definition) is 3. The highest BCUT2D eigenvalue weighted by atomic mass is 19.1. The zero-order valence-electron chi connectivity index (χ0n) is 20.1. The van der Waals surface area contributed by atoms with Crippen molar-refractivity contribution in [3.8, 4) is 11.3 Å². The number of pyridine rings is 1. The van der Waals surface area contributed by atoms with Crippen molar-refractivity contribution in [1.82, 2.24) is 4.98 Å². The van der Waals surface area contributed by atoms with Gasteiger partial charge in [0.1, 0.15) is 5.60 Å². The largest absolute Gasteiger partial charge is 0.382 e. The van der Waals surface area contributed by atoms with Gasteiger partial charge in [0.15, 0.2) is 12.0 Å². The Labute approximate surface area is 198 Å². The average molecular weight is 452 g/mol. The molecule has 2 aromatic rings. The van der Waals surface area contributed by atoms with Gasteiger partial charge in [0.2, 0.25) is 0 Å². The molecule has 0 bridgehead atoms. The number of halogens is 1. The maximum atomic E-state index is 14.2. The third-order valence-corrected chi connectivity index (χ3v) is 6.87. The second-order valence-electron chi connectivity index (χ2n) is 9.37. The molecule has 1 aromatic carbocycles. The number of ketones is 1. The summed E-state index contributed by atoms with van der Waals surface area (Å²) in [6.45, 7) is 4.12. The van der Waals surface area contributed by atoms with E-state index in [2.05, 4.69) is 60.5 Å². The van der Waals surface area contributed by atoms with Crippen molar-refractivity contribution in [1.29, 1.82) is 0 Å². The Bertz CT molecular complexity index is 896. The minimum atomic E-state index is -1.54. The van der Waals surface area contributed by atoms with Crippen LogP contribution in [0.5, 0.6) is 0 Å². The van der Waals surface area contributed by atoms with Gasteiger partial charge in [-0.1, -0.05) is 69.2 Å². The van der Waals surface area contributed by atoms with Crippen LogP contribution in [0.4, 0.5) is 4.39 Å². The van der Waals surface area contributed by atoms with E-state index in [9.17, 15) is 14.3 Å². The lowest BCUT2D eigenvalue weighted by molar-refractivity contribution is -0.146. The molecule has 0 unspecified atom stereocenters. The van der Waals surface area contributed by atoms with Crippen LogP contribution in [-0.2, 0) is 11.2 Å². The van der Waals surface area contributed by atoms with E-state index < -0.39 is 17.6 Å². The molecule has 0 aliphatic heterocycles. The first-order valence-corrected chi connectivity index (χ1v) is 12.6. The van der Waals surface area contributed by atoms with E-state index in [0.717, 1.165) is 36.9 Å². The summed E-state index contributed by atoms with van der Waals surface area (Å²) in [5, 5.41) is 10.8. The first-order chi connectivity index (χ1) is 16.0. The SMILES string of the molecule is CC/C=C/CCc1ccc(-c2ccc(C3CCC(O)(C(=O)[C@@H](F)CCCC)CC3)cc2)nc1. The number of unbranched alkanes of at least 4 members (excludes halogenated alkanes) is 1. The lowest BCUT2D eigenvalue weighted by Gasteiger charge is -2.35. The molecule has 3 nitrogen and oxygen atoms in total. The third kappa shape index (κ3) is 6.83. The van der Waals surface area contributed by atoms with Gasteiger partial charge in [0.25, 0.3) is 0 Å².